The molecule has 0 radical (unpaired) electrons. The van der Waals surface area contributed by atoms with Crippen molar-refractivity contribution in [2.75, 3.05) is 9.80 Å². The first kappa shape index (κ1) is 44.8. The van der Waals surface area contributed by atoms with Crippen molar-refractivity contribution in [2.24, 2.45) is 0 Å². The fraction of sp³-hybridized carbons (Fsp3) is 0.200. The predicted molar refractivity (Wildman–Crippen MR) is 270 cm³/mol. The van der Waals surface area contributed by atoms with Crippen molar-refractivity contribution < 1.29 is 25.8 Å². The summed E-state index contributed by atoms with van der Waals surface area (Å²) in [5, 5.41) is 2.22. The maximum atomic E-state index is 6.65. The second-order valence-electron chi connectivity index (χ2n) is 20.0. The van der Waals surface area contributed by atoms with Crippen LogP contribution in [0.4, 0.5) is 22.7 Å². The van der Waals surface area contributed by atoms with Crippen LogP contribution in [0, 0.1) is 25.7 Å². The topological polar surface area (TPSA) is 33.5 Å². The first-order valence-corrected chi connectivity index (χ1v) is 22.6. The van der Waals surface area contributed by atoms with Gasteiger partial charge in [0.25, 0.3) is 0 Å². The van der Waals surface area contributed by atoms with Gasteiger partial charge in [0.05, 0.1) is 0 Å². The van der Waals surface area contributed by atoms with Crippen LogP contribution in [-0.2, 0) is 37.3 Å². The van der Waals surface area contributed by atoms with E-state index in [1.165, 1.54) is 22.3 Å². The smallest absolute Gasteiger partial charge is 0.135 e. The molecule has 2 aromatic heterocycles. The van der Waals surface area contributed by atoms with Gasteiger partial charge in [0.1, 0.15) is 5.82 Å². The summed E-state index contributed by atoms with van der Waals surface area (Å²) >= 11 is 0. The molecular formula is C60H55N4OPt-3. The summed E-state index contributed by atoms with van der Waals surface area (Å²) < 4.78 is 8.85. The molecule has 0 unspecified atom stereocenters. The number of nitrogens with zero attached hydrogens (tertiary/aromatic N) is 4. The number of hydrogen-bond acceptors (Lipinski definition) is 4. The molecule has 66 heavy (non-hydrogen) atoms. The molecule has 9 aromatic rings. The summed E-state index contributed by atoms with van der Waals surface area (Å²) in [7, 11) is 0. The number of anilines is 4. The van der Waals surface area contributed by atoms with Crippen LogP contribution in [0.2, 0.25) is 0 Å². The third kappa shape index (κ3) is 8.24. The van der Waals surface area contributed by atoms with Crippen molar-refractivity contribution in [3.8, 4) is 28.4 Å². The standard InChI is InChI=1S/C60H55N4O.Pt/c1-40-31-57(61-38-52(40)41-19-17-22-43(32-41)60(8,9)42-20-11-10-12-21-42)64-53-26-14-13-25-50(53)51-30-29-49(37-56(51)64)65-48-24-18-23-46(36-48)62-39-63(55-28-16-15-27-54(55)62)47-34-44(58(2,3)4)33-45(35-47)59(5,6)7;/h10-35,38-39H,1-9H3;/q-3;. The third-order valence-corrected chi connectivity index (χ3v) is 13.1. The zero-order chi connectivity index (χ0) is 45.3. The van der Waals surface area contributed by atoms with Crippen molar-refractivity contribution in [1.82, 2.24) is 9.55 Å². The van der Waals surface area contributed by atoms with E-state index in [2.05, 4.69) is 235 Å². The van der Waals surface area contributed by atoms with Crippen LogP contribution in [0.1, 0.15) is 83.2 Å². The van der Waals surface area contributed by atoms with Crippen LogP contribution >= 0.6 is 0 Å². The van der Waals surface area contributed by atoms with Crippen molar-refractivity contribution in [2.45, 2.75) is 78.6 Å². The zero-order valence-electron chi connectivity index (χ0n) is 39.2. The quantitative estimate of drug-likeness (QED) is 0.142. The van der Waals surface area contributed by atoms with E-state index in [1.807, 2.05) is 24.4 Å². The van der Waals surface area contributed by atoms with Crippen LogP contribution in [0.3, 0.4) is 0 Å². The van der Waals surface area contributed by atoms with Gasteiger partial charge < -0.3 is 19.1 Å². The molecule has 0 amide bonds. The van der Waals surface area contributed by atoms with Crippen LogP contribution in [0.5, 0.6) is 11.5 Å². The summed E-state index contributed by atoms with van der Waals surface area (Å²) in [6.07, 6.45) is 2.01. The number of aromatic nitrogens is 2. The monoisotopic (exact) mass is 1040 g/mol. The molecule has 0 spiro atoms. The summed E-state index contributed by atoms with van der Waals surface area (Å²) in [5.41, 5.74) is 14.6. The van der Waals surface area contributed by atoms with E-state index in [-0.39, 0.29) is 37.3 Å². The molecule has 7 aromatic carbocycles. The fourth-order valence-electron chi connectivity index (χ4n) is 9.11. The molecule has 10 rings (SSSR count). The average Bonchev–Trinajstić information content (AvgIpc) is 3.85. The van der Waals surface area contributed by atoms with Crippen LogP contribution in [0.25, 0.3) is 38.8 Å². The summed E-state index contributed by atoms with van der Waals surface area (Å²) in [4.78, 5) is 9.64. The molecule has 0 fully saturated rings. The van der Waals surface area contributed by atoms with Crippen molar-refractivity contribution in [3.05, 3.63) is 211 Å². The first-order valence-electron chi connectivity index (χ1n) is 22.6. The molecule has 0 N–H and O–H groups in total. The van der Waals surface area contributed by atoms with E-state index in [0.717, 1.165) is 67.1 Å². The van der Waals surface area contributed by atoms with Gasteiger partial charge in [-0.2, -0.15) is 12.1 Å². The van der Waals surface area contributed by atoms with Gasteiger partial charge in [0.15, 0.2) is 0 Å². The van der Waals surface area contributed by atoms with E-state index in [0.29, 0.717) is 11.5 Å². The second kappa shape index (κ2) is 17.1. The van der Waals surface area contributed by atoms with E-state index in [4.69, 9.17) is 9.72 Å². The fourth-order valence-corrected chi connectivity index (χ4v) is 9.11. The maximum Gasteiger partial charge on any atom is 0.135 e. The van der Waals surface area contributed by atoms with Gasteiger partial charge in [0.2, 0.25) is 0 Å². The molecule has 334 valence electrons. The summed E-state index contributed by atoms with van der Waals surface area (Å²) in [5.74, 6) is 2.03. The Bertz CT molecular complexity index is 3210. The van der Waals surface area contributed by atoms with Gasteiger partial charge in [-0.1, -0.05) is 152 Å². The largest absolute Gasteiger partial charge is 0.509 e. The number of ether oxygens (including phenoxy) is 1. The van der Waals surface area contributed by atoms with E-state index >= 15 is 0 Å². The van der Waals surface area contributed by atoms with Crippen molar-refractivity contribution in [3.63, 3.8) is 0 Å². The number of rotatable bonds is 8. The number of para-hydroxylation sites is 3. The molecule has 0 saturated carbocycles. The third-order valence-electron chi connectivity index (χ3n) is 13.1. The minimum absolute atomic E-state index is 0. The van der Waals surface area contributed by atoms with E-state index in [1.54, 1.807) is 0 Å². The van der Waals surface area contributed by atoms with Crippen molar-refractivity contribution in [1.29, 1.82) is 0 Å². The number of hydrogen-bond donors (Lipinski definition) is 0. The molecular weight excluding hydrogens is 988 g/mol. The molecule has 5 nitrogen and oxygen atoms in total. The SMILES string of the molecule is Cc1cc(-n2c3[c-]c(Oc4[c-]c(N5[CH-]N(c6cc(C(C)(C)C)cc(C(C)(C)C)c6)c6ccccc65)ccc4)ccc3c3ccccc32)ncc1-c1cccc(C(C)(C)c2ccccc2)c1.[Pt]. The maximum absolute atomic E-state index is 6.65. The van der Waals surface area contributed by atoms with Gasteiger partial charge in [-0.15, -0.1) is 48.1 Å². The number of fused-ring (bicyclic) bond motifs is 4. The normalized spacial score (nSPS) is 13.0. The molecule has 0 atom stereocenters. The summed E-state index contributed by atoms with van der Waals surface area (Å²) in [6.45, 7) is 22.6. The van der Waals surface area contributed by atoms with Gasteiger partial charge in [0, 0.05) is 72.3 Å². The Balaban J connectivity index is 0.00000548. The number of aryl methyl sites for hydroxylation is 1. The Morgan fingerprint density at radius 3 is 1.89 bits per heavy atom. The second-order valence-corrected chi connectivity index (χ2v) is 20.0. The molecule has 1 aliphatic heterocycles. The number of benzene rings is 7. The molecule has 1 aliphatic rings. The minimum atomic E-state index is -0.147. The molecule has 3 heterocycles. The molecule has 6 heteroatoms. The van der Waals surface area contributed by atoms with Crippen LogP contribution < -0.4 is 14.5 Å². The number of pyridine rings is 1. The van der Waals surface area contributed by atoms with Gasteiger partial charge in [-0.05, 0) is 92.9 Å². The molecule has 0 aliphatic carbocycles. The Hall–Kier alpha value is -6.42. The summed E-state index contributed by atoms with van der Waals surface area (Å²) in [6, 6.07) is 63.3. The Labute approximate surface area is 405 Å². The van der Waals surface area contributed by atoms with Gasteiger partial charge >= 0.3 is 0 Å². The molecule has 0 bridgehead atoms. The Kier molecular flexibility index (Phi) is 11.6. The predicted octanol–water partition coefficient (Wildman–Crippen LogP) is 15.9. The first-order chi connectivity index (χ1) is 31.1. The molecule has 0 saturated heterocycles. The Morgan fingerprint density at radius 2 is 1.18 bits per heavy atom. The van der Waals surface area contributed by atoms with Gasteiger partial charge in [-0.25, -0.2) is 4.98 Å². The van der Waals surface area contributed by atoms with E-state index in [9.17, 15) is 0 Å². The van der Waals surface area contributed by atoms with E-state index < -0.39 is 0 Å². The zero-order valence-corrected chi connectivity index (χ0v) is 41.5. The van der Waals surface area contributed by atoms with Gasteiger partial charge in [-0.3, -0.25) is 0 Å². The average molecular weight is 1040 g/mol. The van der Waals surface area contributed by atoms with Crippen LogP contribution in [0.15, 0.2) is 164 Å². The van der Waals surface area contributed by atoms with Crippen molar-refractivity contribution >= 4 is 44.6 Å². The Morgan fingerprint density at radius 1 is 0.545 bits per heavy atom. The van der Waals surface area contributed by atoms with Crippen LogP contribution in [-0.4, -0.2) is 9.55 Å². The minimum Gasteiger partial charge on any atom is -0.509 e.